The van der Waals surface area contributed by atoms with Gasteiger partial charge in [-0.25, -0.2) is 4.90 Å². The van der Waals surface area contributed by atoms with Gasteiger partial charge >= 0.3 is 0 Å². The monoisotopic (exact) mass is 241 g/mol. The van der Waals surface area contributed by atoms with Crippen LogP contribution in [0.2, 0.25) is 0 Å². The molecule has 3 rings (SSSR count). The fourth-order valence-electron chi connectivity index (χ4n) is 2.85. The second-order valence-electron chi connectivity index (χ2n) is 4.95. The van der Waals surface area contributed by atoms with E-state index in [4.69, 9.17) is 0 Å². The summed E-state index contributed by atoms with van der Waals surface area (Å²) in [6, 6.07) is 7.55. The zero-order valence-corrected chi connectivity index (χ0v) is 10.3. The molecule has 18 heavy (non-hydrogen) atoms. The fourth-order valence-corrected chi connectivity index (χ4v) is 2.85. The van der Waals surface area contributed by atoms with E-state index in [2.05, 4.69) is 0 Å². The minimum atomic E-state index is -0.151. The van der Waals surface area contributed by atoms with Gasteiger partial charge in [-0.1, -0.05) is 30.4 Å². The number of aryl methyl sites for hydroxylation is 1. The number of carbonyl (C=O) groups is 2. The second kappa shape index (κ2) is 4.09. The average molecular weight is 241 g/mol. The number of hydrogen-bond donors (Lipinski definition) is 0. The standard InChI is InChI=1S/C15H15NO2/c1-10-6-2-5-9-13(10)16-14(17)11-7-3-4-8-12(11)15(16)18/h2-6,9,11-12H,7-8H2,1H3/t11-,12+. The lowest BCUT2D eigenvalue weighted by molar-refractivity contribution is -0.122. The van der Waals surface area contributed by atoms with Crippen molar-refractivity contribution in [3.8, 4) is 0 Å². The second-order valence-corrected chi connectivity index (χ2v) is 4.95. The third kappa shape index (κ3) is 1.50. The molecule has 1 aromatic carbocycles. The predicted molar refractivity (Wildman–Crippen MR) is 69.0 cm³/mol. The summed E-state index contributed by atoms with van der Waals surface area (Å²) >= 11 is 0. The molecule has 1 aromatic rings. The van der Waals surface area contributed by atoms with Crippen LogP contribution in [0.5, 0.6) is 0 Å². The van der Waals surface area contributed by atoms with E-state index in [0.717, 1.165) is 11.3 Å². The molecule has 0 unspecified atom stereocenters. The van der Waals surface area contributed by atoms with Crippen molar-refractivity contribution in [3.05, 3.63) is 42.0 Å². The van der Waals surface area contributed by atoms with Gasteiger partial charge in [0.15, 0.2) is 0 Å². The number of carbonyl (C=O) groups excluding carboxylic acids is 2. The average Bonchev–Trinajstić information content (AvgIpc) is 2.64. The number of fused-ring (bicyclic) bond motifs is 1. The number of nitrogens with zero attached hydrogens (tertiary/aromatic N) is 1. The number of benzene rings is 1. The van der Waals surface area contributed by atoms with E-state index in [1.165, 1.54) is 4.90 Å². The Kier molecular flexibility index (Phi) is 2.54. The van der Waals surface area contributed by atoms with Crippen molar-refractivity contribution in [2.45, 2.75) is 19.8 Å². The molecule has 0 spiro atoms. The van der Waals surface area contributed by atoms with Crippen LogP contribution in [0.3, 0.4) is 0 Å². The minimum absolute atomic E-state index is 0.0383. The first kappa shape index (κ1) is 11.2. The molecule has 2 atom stereocenters. The molecule has 2 aliphatic rings. The van der Waals surface area contributed by atoms with Crippen molar-refractivity contribution in [2.24, 2.45) is 11.8 Å². The van der Waals surface area contributed by atoms with Crippen molar-refractivity contribution in [3.63, 3.8) is 0 Å². The Balaban J connectivity index is 2.02. The van der Waals surface area contributed by atoms with Gasteiger partial charge in [-0.3, -0.25) is 9.59 Å². The molecule has 92 valence electrons. The molecule has 1 saturated heterocycles. The number of amides is 2. The van der Waals surface area contributed by atoms with E-state index in [9.17, 15) is 9.59 Å². The van der Waals surface area contributed by atoms with Gasteiger partial charge < -0.3 is 0 Å². The first-order chi connectivity index (χ1) is 8.70. The predicted octanol–water partition coefficient (Wildman–Crippen LogP) is 2.45. The number of allylic oxidation sites excluding steroid dienone is 2. The van der Waals surface area contributed by atoms with Crippen molar-refractivity contribution < 1.29 is 9.59 Å². The highest BCUT2D eigenvalue weighted by Gasteiger charge is 2.48. The van der Waals surface area contributed by atoms with Crippen LogP contribution in [0.4, 0.5) is 5.69 Å². The summed E-state index contributed by atoms with van der Waals surface area (Å²) in [7, 11) is 0. The van der Waals surface area contributed by atoms with Crippen molar-refractivity contribution >= 4 is 17.5 Å². The summed E-state index contributed by atoms with van der Waals surface area (Å²) in [4.78, 5) is 26.1. The van der Waals surface area contributed by atoms with Gasteiger partial charge in [0, 0.05) is 0 Å². The van der Waals surface area contributed by atoms with Crippen LogP contribution in [-0.4, -0.2) is 11.8 Å². The topological polar surface area (TPSA) is 37.4 Å². The summed E-state index contributed by atoms with van der Waals surface area (Å²) in [5.74, 6) is -0.378. The van der Waals surface area contributed by atoms with Gasteiger partial charge in [0.05, 0.1) is 17.5 Å². The van der Waals surface area contributed by atoms with E-state index in [1.807, 2.05) is 43.3 Å². The Morgan fingerprint density at radius 3 is 2.11 bits per heavy atom. The summed E-state index contributed by atoms with van der Waals surface area (Å²) in [5, 5.41) is 0. The van der Waals surface area contributed by atoms with Crippen LogP contribution in [0.15, 0.2) is 36.4 Å². The first-order valence-electron chi connectivity index (χ1n) is 6.28. The molecule has 2 amide bonds. The van der Waals surface area contributed by atoms with Crippen molar-refractivity contribution in [1.29, 1.82) is 0 Å². The highest BCUT2D eigenvalue weighted by Crippen LogP contribution is 2.38. The van der Waals surface area contributed by atoms with Gasteiger partial charge in [-0.05, 0) is 31.4 Å². The summed E-state index contributed by atoms with van der Waals surface area (Å²) < 4.78 is 0. The number of imide groups is 1. The maximum Gasteiger partial charge on any atom is 0.238 e. The van der Waals surface area contributed by atoms with Crippen LogP contribution in [-0.2, 0) is 9.59 Å². The van der Waals surface area contributed by atoms with E-state index >= 15 is 0 Å². The number of para-hydroxylation sites is 1. The lowest BCUT2D eigenvalue weighted by atomic mass is 9.85. The minimum Gasteiger partial charge on any atom is -0.274 e. The van der Waals surface area contributed by atoms with Crippen LogP contribution in [0.1, 0.15) is 18.4 Å². The van der Waals surface area contributed by atoms with E-state index < -0.39 is 0 Å². The van der Waals surface area contributed by atoms with E-state index in [-0.39, 0.29) is 23.7 Å². The van der Waals surface area contributed by atoms with Gasteiger partial charge in [-0.15, -0.1) is 0 Å². The van der Waals surface area contributed by atoms with Crippen LogP contribution < -0.4 is 4.90 Å². The van der Waals surface area contributed by atoms with Crippen molar-refractivity contribution in [2.75, 3.05) is 4.90 Å². The van der Waals surface area contributed by atoms with Crippen molar-refractivity contribution in [1.82, 2.24) is 0 Å². The Morgan fingerprint density at radius 2 is 1.56 bits per heavy atom. The Hall–Kier alpha value is -1.90. The Morgan fingerprint density at radius 1 is 1.00 bits per heavy atom. The molecule has 1 heterocycles. The third-order valence-corrected chi connectivity index (χ3v) is 3.86. The zero-order valence-electron chi connectivity index (χ0n) is 10.3. The largest absolute Gasteiger partial charge is 0.274 e. The molecule has 0 saturated carbocycles. The molecule has 0 aromatic heterocycles. The van der Waals surface area contributed by atoms with Gasteiger partial charge in [0.1, 0.15) is 0 Å². The van der Waals surface area contributed by atoms with Gasteiger partial charge in [0.2, 0.25) is 11.8 Å². The zero-order chi connectivity index (χ0) is 12.7. The molecule has 1 fully saturated rings. The summed E-state index contributed by atoms with van der Waals surface area (Å²) in [5.41, 5.74) is 1.70. The summed E-state index contributed by atoms with van der Waals surface area (Å²) in [6.45, 7) is 1.93. The number of hydrogen-bond acceptors (Lipinski definition) is 2. The SMILES string of the molecule is Cc1ccccc1N1C(=O)[C@H]2CC=CC[C@H]2C1=O. The van der Waals surface area contributed by atoms with Crippen LogP contribution >= 0.6 is 0 Å². The quantitative estimate of drug-likeness (QED) is 0.559. The molecule has 0 radical (unpaired) electrons. The smallest absolute Gasteiger partial charge is 0.238 e. The Bertz CT molecular complexity index is 521. The molecule has 3 nitrogen and oxygen atoms in total. The molecular formula is C15H15NO2. The molecule has 0 N–H and O–H groups in total. The van der Waals surface area contributed by atoms with Crippen LogP contribution in [0, 0.1) is 18.8 Å². The highest BCUT2D eigenvalue weighted by atomic mass is 16.2. The molecule has 1 aliphatic carbocycles. The highest BCUT2D eigenvalue weighted by molar-refractivity contribution is 6.22. The third-order valence-electron chi connectivity index (χ3n) is 3.86. The number of anilines is 1. The van der Waals surface area contributed by atoms with Crippen LogP contribution in [0.25, 0.3) is 0 Å². The lowest BCUT2D eigenvalue weighted by Gasteiger charge is -2.16. The van der Waals surface area contributed by atoms with E-state index in [1.54, 1.807) is 0 Å². The maximum absolute atomic E-state index is 12.4. The normalized spacial score (nSPS) is 26.6. The van der Waals surface area contributed by atoms with E-state index in [0.29, 0.717) is 12.8 Å². The van der Waals surface area contributed by atoms with Gasteiger partial charge in [0.25, 0.3) is 0 Å². The Labute approximate surface area is 106 Å². The fraction of sp³-hybridized carbons (Fsp3) is 0.333. The number of rotatable bonds is 1. The molecule has 0 bridgehead atoms. The molecule has 3 heteroatoms. The lowest BCUT2D eigenvalue weighted by Crippen LogP contribution is -2.31. The summed E-state index contributed by atoms with van der Waals surface area (Å²) in [6.07, 6.45) is 5.40. The van der Waals surface area contributed by atoms with Gasteiger partial charge in [-0.2, -0.15) is 0 Å². The molecular weight excluding hydrogens is 226 g/mol. The first-order valence-corrected chi connectivity index (χ1v) is 6.28. The molecule has 1 aliphatic heterocycles. The maximum atomic E-state index is 12.4.